The van der Waals surface area contributed by atoms with Gasteiger partial charge in [0.15, 0.2) is 0 Å². The van der Waals surface area contributed by atoms with Gasteiger partial charge in [-0.2, -0.15) is 28.8 Å². The molecule has 4 rings (SSSR count). The smallest absolute Gasteiger partial charge is 0.348 e. The van der Waals surface area contributed by atoms with Crippen molar-refractivity contribution in [2.24, 2.45) is 0 Å². The number of halogens is 3. The number of hydrogen-bond donors (Lipinski definition) is 1. The lowest BCUT2D eigenvalue weighted by Gasteiger charge is -2.22. The SMILES string of the molecule is O=C(NCc1nc(-c2ccc(C(F)(F)F)cc2)cs1)[C@@H]1CCCN1S(=O)(=O)c1ccsc1. The minimum Gasteiger partial charge on any atom is -0.348 e. The van der Waals surface area contributed by atoms with Gasteiger partial charge in [-0.1, -0.05) is 12.1 Å². The van der Waals surface area contributed by atoms with Crippen LogP contribution in [0.1, 0.15) is 23.4 Å². The molecule has 1 aliphatic heterocycles. The quantitative estimate of drug-likeness (QED) is 0.544. The second-order valence-electron chi connectivity index (χ2n) is 7.15. The molecule has 0 unspecified atom stereocenters. The van der Waals surface area contributed by atoms with E-state index in [1.54, 1.807) is 16.1 Å². The predicted octanol–water partition coefficient (Wildman–Crippen LogP) is 4.36. The first-order valence-electron chi connectivity index (χ1n) is 9.60. The lowest BCUT2D eigenvalue weighted by atomic mass is 10.1. The molecule has 1 fully saturated rings. The van der Waals surface area contributed by atoms with Crippen molar-refractivity contribution >= 4 is 38.6 Å². The van der Waals surface area contributed by atoms with E-state index in [2.05, 4.69) is 10.3 Å². The van der Waals surface area contributed by atoms with Gasteiger partial charge >= 0.3 is 6.18 Å². The summed E-state index contributed by atoms with van der Waals surface area (Å²) in [5.41, 5.74) is 0.314. The van der Waals surface area contributed by atoms with Crippen LogP contribution < -0.4 is 5.32 Å². The van der Waals surface area contributed by atoms with Gasteiger partial charge in [-0.3, -0.25) is 4.79 Å². The van der Waals surface area contributed by atoms with Crippen LogP contribution in [0.4, 0.5) is 13.2 Å². The van der Waals surface area contributed by atoms with E-state index in [1.165, 1.54) is 45.2 Å². The van der Waals surface area contributed by atoms with Crippen LogP contribution in [0.5, 0.6) is 0 Å². The van der Waals surface area contributed by atoms with Gasteiger partial charge in [-0.25, -0.2) is 13.4 Å². The fourth-order valence-electron chi connectivity index (χ4n) is 3.46. The second-order valence-corrected chi connectivity index (χ2v) is 10.8. The maximum atomic E-state index is 12.8. The van der Waals surface area contributed by atoms with Gasteiger partial charge in [0.05, 0.1) is 22.7 Å². The van der Waals surface area contributed by atoms with Gasteiger partial charge in [0, 0.05) is 22.9 Å². The normalized spacial score (nSPS) is 17.5. The molecule has 1 aliphatic rings. The molecule has 1 saturated heterocycles. The number of nitrogens with zero attached hydrogens (tertiary/aromatic N) is 2. The van der Waals surface area contributed by atoms with Gasteiger partial charge in [-0.15, -0.1) is 11.3 Å². The number of benzene rings is 1. The van der Waals surface area contributed by atoms with Crippen molar-refractivity contribution < 1.29 is 26.4 Å². The lowest BCUT2D eigenvalue weighted by Crippen LogP contribution is -2.45. The molecular weight excluding hydrogens is 483 g/mol. The van der Waals surface area contributed by atoms with E-state index >= 15 is 0 Å². The largest absolute Gasteiger partial charge is 0.416 e. The van der Waals surface area contributed by atoms with E-state index in [-0.39, 0.29) is 18.0 Å². The standard InChI is InChI=1S/C20H18F3N3O3S3/c21-20(22,23)14-5-3-13(4-6-14)16-12-31-18(25-16)10-24-19(27)17-2-1-8-26(17)32(28,29)15-7-9-30-11-15/h3-7,9,11-12,17H,1-2,8,10H2,(H,24,27)/t17-/m0/s1. The van der Waals surface area contributed by atoms with Gasteiger partial charge in [0.25, 0.3) is 0 Å². The molecule has 0 bridgehead atoms. The zero-order chi connectivity index (χ0) is 22.9. The Morgan fingerprint density at radius 2 is 1.94 bits per heavy atom. The van der Waals surface area contributed by atoms with Crippen LogP contribution in [0.15, 0.2) is 51.4 Å². The summed E-state index contributed by atoms with van der Waals surface area (Å²) in [7, 11) is -3.73. The van der Waals surface area contributed by atoms with Crippen molar-refractivity contribution in [2.75, 3.05) is 6.54 Å². The van der Waals surface area contributed by atoms with Gasteiger partial charge in [0.1, 0.15) is 11.0 Å². The molecule has 1 amide bonds. The maximum absolute atomic E-state index is 12.8. The summed E-state index contributed by atoms with van der Waals surface area (Å²) >= 11 is 2.54. The van der Waals surface area contributed by atoms with Gasteiger partial charge in [-0.05, 0) is 36.4 Å². The van der Waals surface area contributed by atoms with E-state index < -0.39 is 33.7 Å². The van der Waals surface area contributed by atoms with Crippen molar-refractivity contribution in [3.05, 3.63) is 57.0 Å². The molecule has 0 radical (unpaired) electrons. The van der Waals surface area contributed by atoms with Crippen LogP contribution in [0, 0.1) is 0 Å². The molecule has 0 aliphatic carbocycles. The minimum atomic E-state index is -4.40. The van der Waals surface area contributed by atoms with Gasteiger partial charge in [0.2, 0.25) is 15.9 Å². The Morgan fingerprint density at radius 1 is 1.19 bits per heavy atom. The Morgan fingerprint density at radius 3 is 2.59 bits per heavy atom. The monoisotopic (exact) mass is 501 g/mol. The van der Waals surface area contributed by atoms with Crippen LogP contribution >= 0.6 is 22.7 Å². The number of hydrogen-bond acceptors (Lipinski definition) is 6. The summed E-state index contributed by atoms with van der Waals surface area (Å²) in [6, 6.07) is 5.44. The van der Waals surface area contributed by atoms with E-state index in [0.29, 0.717) is 29.1 Å². The number of alkyl halides is 3. The number of thiophene rings is 1. The number of amides is 1. The average molecular weight is 502 g/mol. The summed E-state index contributed by atoms with van der Waals surface area (Å²) in [4.78, 5) is 17.3. The zero-order valence-electron chi connectivity index (χ0n) is 16.5. The Kier molecular flexibility index (Phi) is 6.39. The number of rotatable bonds is 6. The van der Waals surface area contributed by atoms with Crippen LogP contribution in [0.3, 0.4) is 0 Å². The van der Waals surface area contributed by atoms with Crippen molar-refractivity contribution in [1.82, 2.24) is 14.6 Å². The Bertz CT molecular complexity index is 1190. The van der Waals surface area contributed by atoms with Crippen LogP contribution in [-0.4, -0.2) is 36.2 Å². The van der Waals surface area contributed by atoms with E-state index in [0.717, 1.165) is 12.1 Å². The minimum absolute atomic E-state index is 0.104. The highest BCUT2D eigenvalue weighted by Crippen LogP contribution is 2.31. The van der Waals surface area contributed by atoms with Crippen LogP contribution in [0.2, 0.25) is 0 Å². The Hall–Kier alpha value is -2.28. The van der Waals surface area contributed by atoms with Gasteiger partial charge < -0.3 is 5.32 Å². The summed E-state index contributed by atoms with van der Waals surface area (Å²) in [5.74, 6) is -0.396. The second kappa shape index (κ2) is 8.93. The fourth-order valence-corrected chi connectivity index (χ4v) is 6.87. The third kappa shape index (κ3) is 4.72. The first-order chi connectivity index (χ1) is 15.2. The molecule has 6 nitrogen and oxygen atoms in total. The number of nitrogens with one attached hydrogen (secondary N) is 1. The third-order valence-corrected chi connectivity index (χ3v) is 8.67. The van der Waals surface area contributed by atoms with Crippen molar-refractivity contribution in [1.29, 1.82) is 0 Å². The summed E-state index contributed by atoms with van der Waals surface area (Å²) in [6.45, 7) is 0.387. The number of aromatic nitrogens is 1. The maximum Gasteiger partial charge on any atom is 0.416 e. The first kappa shape index (κ1) is 22.9. The highest BCUT2D eigenvalue weighted by Gasteiger charge is 2.39. The fraction of sp³-hybridized carbons (Fsp3) is 0.300. The topological polar surface area (TPSA) is 79.4 Å². The molecule has 3 heterocycles. The molecule has 1 atom stereocenters. The number of carbonyl (C=O) groups is 1. The molecule has 12 heteroatoms. The first-order valence-corrected chi connectivity index (χ1v) is 12.9. The van der Waals surface area contributed by atoms with Crippen LogP contribution in [0.25, 0.3) is 11.3 Å². The zero-order valence-corrected chi connectivity index (χ0v) is 19.0. The average Bonchev–Trinajstić information content (AvgIpc) is 3.53. The summed E-state index contributed by atoms with van der Waals surface area (Å²) < 4.78 is 65.0. The summed E-state index contributed by atoms with van der Waals surface area (Å²) in [5, 5.41) is 8.23. The molecule has 0 saturated carbocycles. The Balaban J connectivity index is 1.40. The van der Waals surface area contributed by atoms with E-state index in [4.69, 9.17) is 0 Å². The molecule has 32 heavy (non-hydrogen) atoms. The molecule has 170 valence electrons. The number of carbonyl (C=O) groups excluding carboxylic acids is 1. The number of thiazole rings is 1. The molecule has 3 aromatic rings. The summed E-state index contributed by atoms with van der Waals surface area (Å²) in [6.07, 6.45) is -3.37. The van der Waals surface area contributed by atoms with Crippen molar-refractivity contribution in [3.8, 4) is 11.3 Å². The molecule has 0 spiro atoms. The Labute approximate surface area is 190 Å². The molecule has 1 aromatic carbocycles. The van der Waals surface area contributed by atoms with E-state index in [9.17, 15) is 26.4 Å². The lowest BCUT2D eigenvalue weighted by molar-refractivity contribution is -0.137. The molecule has 1 N–H and O–H groups in total. The van der Waals surface area contributed by atoms with Crippen molar-refractivity contribution in [2.45, 2.75) is 36.5 Å². The molecular formula is C20H18F3N3O3S3. The third-order valence-electron chi connectivity index (χ3n) is 5.08. The highest BCUT2D eigenvalue weighted by molar-refractivity contribution is 7.89. The number of sulfonamides is 1. The van der Waals surface area contributed by atoms with Crippen LogP contribution in [-0.2, 0) is 27.5 Å². The molecule has 2 aromatic heterocycles. The van der Waals surface area contributed by atoms with E-state index in [1.807, 2.05) is 0 Å². The van der Waals surface area contributed by atoms with Crippen molar-refractivity contribution in [3.63, 3.8) is 0 Å². The highest BCUT2D eigenvalue weighted by atomic mass is 32.2. The predicted molar refractivity (Wildman–Crippen MR) is 116 cm³/mol.